The lowest BCUT2D eigenvalue weighted by Crippen LogP contribution is -2.52. The van der Waals surface area contributed by atoms with Crippen LogP contribution < -0.4 is 10.0 Å². The highest BCUT2D eigenvalue weighted by Gasteiger charge is 2.36. The molecule has 24 heavy (non-hydrogen) atoms. The van der Waals surface area contributed by atoms with Crippen molar-refractivity contribution in [3.8, 4) is 0 Å². The lowest BCUT2D eigenvalue weighted by Gasteiger charge is -2.35. The molecule has 140 valence electrons. The standard InChI is InChI=1S/C16H29N3O3S.ClH/c20-16(13-4-1-2-5-13)19-11-3-6-15(12-19)23(21,22)18-14-7-9-17-10-8-14;/h13-15,17-18H,1-12H2;1H. The Kier molecular flexibility index (Phi) is 7.34. The molecule has 0 aromatic carbocycles. The number of rotatable bonds is 4. The average molecular weight is 380 g/mol. The summed E-state index contributed by atoms with van der Waals surface area (Å²) >= 11 is 0. The Hall–Kier alpha value is -0.370. The van der Waals surface area contributed by atoms with Crippen LogP contribution in [0.2, 0.25) is 0 Å². The summed E-state index contributed by atoms with van der Waals surface area (Å²) in [5.74, 6) is 0.318. The molecule has 2 saturated heterocycles. The summed E-state index contributed by atoms with van der Waals surface area (Å²) in [5, 5.41) is 2.80. The summed E-state index contributed by atoms with van der Waals surface area (Å²) in [5.41, 5.74) is 0. The largest absolute Gasteiger partial charge is 0.341 e. The van der Waals surface area contributed by atoms with E-state index in [1.807, 2.05) is 4.90 Å². The van der Waals surface area contributed by atoms with Crippen molar-refractivity contribution in [2.75, 3.05) is 26.2 Å². The molecule has 3 fully saturated rings. The van der Waals surface area contributed by atoms with Gasteiger partial charge in [0.1, 0.15) is 0 Å². The molecular formula is C16H30ClN3O3S. The molecule has 1 atom stereocenters. The first-order valence-electron chi connectivity index (χ1n) is 9.07. The molecule has 8 heteroatoms. The van der Waals surface area contributed by atoms with Gasteiger partial charge < -0.3 is 10.2 Å². The molecule has 1 aliphatic carbocycles. The summed E-state index contributed by atoms with van der Waals surface area (Å²) in [6, 6.07) is 0.0437. The molecule has 1 amide bonds. The molecule has 1 unspecified atom stereocenters. The first kappa shape index (κ1) is 19.9. The Morgan fingerprint density at radius 3 is 2.33 bits per heavy atom. The van der Waals surface area contributed by atoms with Gasteiger partial charge in [0.15, 0.2) is 0 Å². The number of amides is 1. The Bertz CT molecular complexity index is 517. The molecule has 3 aliphatic rings. The van der Waals surface area contributed by atoms with Crippen molar-refractivity contribution in [3.63, 3.8) is 0 Å². The van der Waals surface area contributed by atoms with Crippen molar-refractivity contribution in [3.05, 3.63) is 0 Å². The van der Waals surface area contributed by atoms with Gasteiger partial charge in [0.25, 0.3) is 0 Å². The molecule has 2 aliphatic heterocycles. The number of halogens is 1. The third kappa shape index (κ3) is 4.84. The molecular weight excluding hydrogens is 350 g/mol. The molecule has 0 spiro atoms. The lowest BCUT2D eigenvalue weighted by atomic mass is 10.0. The van der Waals surface area contributed by atoms with E-state index in [-0.39, 0.29) is 30.3 Å². The second-order valence-corrected chi connectivity index (χ2v) is 9.21. The quantitative estimate of drug-likeness (QED) is 0.770. The van der Waals surface area contributed by atoms with E-state index in [1.165, 1.54) is 0 Å². The summed E-state index contributed by atoms with van der Waals surface area (Å²) in [4.78, 5) is 14.4. The van der Waals surface area contributed by atoms with Gasteiger partial charge in [0.05, 0.1) is 5.25 Å². The summed E-state index contributed by atoms with van der Waals surface area (Å²) in [6.07, 6.45) is 7.34. The SMILES string of the molecule is Cl.O=C(C1CCCC1)N1CCCC(S(=O)(=O)NC2CCNCC2)C1. The topological polar surface area (TPSA) is 78.5 Å². The third-order valence-corrected chi connectivity index (χ3v) is 7.43. The predicted molar refractivity (Wildman–Crippen MR) is 96.8 cm³/mol. The van der Waals surface area contributed by atoms with Crippen LogP contribution >= 0.6 is 12.4 Å². The normalized spacial score (nSPS) is 27.0. The average Bonchev–Trinajstić information content (AvgIpc) is 3.09. The number of carbonyl (C=O) groups is 1. The van der Waals surface area contributed by atoms with Gasteiger partial charge in [-0.25, -0.2) is 13.1 Å². The Morgan fingerprint density at radius 2 is 1.67 bits per heavy atom. The molecule has 3 rings (SSSR count). The zero-order valence-corrected chi connectivity index (χ0v) is 15.8. The number of nitrogens with zero attached hydrogens (tertiary/aromatic N) is 1. The molecule has 6 nitrogen and oxygen atoms in total. The van der Waals surface area contributed by atoms with Gasteiger partial charge in [-0.3, -0.25) is 4.79 Å². The maximum atomic E-state index is 12.7. The van der Waals surface area contributed by atoms with Gasteiger partial charge in [-0.05, 0) is 51.6 Å². The fraction of sp³-hybridized carbons (Fsp3) is 0.938. The predicted octanol–water partition coefficient (Wildman–Crippen LogP) is 1.26. The minimum absolute atomic E-state index is 0. The van der Waals surface area contributed by atoms with Gasteiger partial charge >= 0.3 is 0 Å². The van der Waals surface area contributed by atoms with Crippen LogP contribution in [0.5, 0.6) is 0 Å². The smallest absolute Gasteiger partial charge is 0.225 e. The molecule has 0 bridgehead atoms. The van der Waals surface area contributed by atoms with Crippen molar-refractivity contribution in [1.82, 2.24) is 14.9 Å². The van der Waals surface area contributed by atoms with Crippen LogP contribution in [0.15, 0.2) is 0 Å². The third-order valence-electron chi connectivity index (χ3n) is 5.50. The molecule has 0 aromatic heterocycles. The summed E-state index contributed by atoms with van der Waals surface area (Å²) in [6.45, 7) is 2.82. The number of hydrogen-bond donors (Lipinski definition) is 2. The fourth-order valence-electron chi connectivity index (χ4n) is 4.09. The monoisotopic (exact) mass is 379 g/mol. The minimum Gasteiger partial charge on any atom is -0.341 e. The first-order chi connectivity index (χ1) is 11.1. The van der Waals surface area contributed by atoms with Crippen molar-refractivity contribution in [2.45, 2.75) is 62.7 Å². The minimum atomic E-state index is -3.34. The van der Waals surface area contributed by atoms with Crippen molar-refractivity contribution in [2.24, 2.45) is 5.92 Å². The van der Waals surface area contributed by atoms with Gasteiger partial charge in [-0.15, -0.1) is 12.4 Å². The lowest BCUT2D eigenvalue weighted by molar-refractivity contribution is -0.136. The molecule has 0 aromatic rings. The van der Waals surface area contributed by atoms with Crippen LogP contribution in [0, 0.1) is 5.92 Å². The highest BCUT2D eigenvalue weighted by Crippen LogP contribution is 2.28. The van der Waals surface area contributed by atoms with Crippen molar-refractivity contribution in [1.29, 1.82) is 0 Å². The number of likely N-dealkylation sites (tertiary alicyclic amines) is 1. The van der Waals surface area contributed by atoms with E-state index >= 15 is 0 Å². The highest BCUT2D eigenvalue weighted by molar-refractivity contribution is 7.90. The second kappa shape index (κ2) is 8.83. The van der Waals surface area contributed by atoms with E-state index in [9.17, 15) is 13.2 Å². The summed E-state index contributed by atoms with van der Waals surface area (Å²) in [7, 11) is -3.34. The summed E-state index contributed by atoms with van der Waals surface area (Å²) < 4.78 is 28.2. The zero-order valence-electron chi connectivity index (χ0n) is 14.2. The van der Waals surface area contributed by atoms with Crippen LogP contribution in [0.3, 0.4) is 0 Å². The molecule has 2 N–H and O–H groups in total. The number of piperidine rings is 2. The highest BCUT2D eigenvalue weighted by atomic mass is 35.5. The number of nitrogens with one attached hydrogen (secondary N) is 2. The maximum Gasteiger partial charge on any atom is 0.225 e. The second-order valence-electron chi connectivity index (χ2n) is 7.22. The van der Waals surface area contributed by atoms with E-state index < -0.39 is 15.3 Å². The van der Waals surface area contributed by atoms with E-state index in [2.05, 4.69) is 10.0 Å². The van der Waals surface area contributed by atoms with Crippen LogP contribution in [-0.2, 0) is 14.8 Å². The van der Waals surface area contributed by atoms with E-state index in [4.69, 9.17) is 0 Å². The van der Waals surface area contributed by atoms with Gasteiger partial charge in [0, 0.05) is 25.0 Å². The maximum absolute atomic E-state index is 12.7. The Labute approximate surface area is 151 Å². The van der Waals surface area contributed by atoms with Gasteiger partial charge in [0.2, 0.25) is 15.9 Å². The van der Waals surface area contributed by atoms with E-state index in [0.717, 1.165) is 58.0 Å². The number of hydrogen-bond acceptors (Lipinski definition) is 4. The van der Waals surface area contributed by atoms with Crippen LogP contribution in [0.4, 0.5) is 0 Å². The molecule has 1 saturated carbocycles. The number of carbonyl (C=O) groups excluding carboxylic acids is 1. The van der Waals surface area contributed by atoms with Crippen LogP contribution in [-0.4, -0.2) is 56.7 Å². The van der Waals surface area contributed by atoms with Gasteiger partial charge in [-0.1, -0.05) is 12.8 Å². The first-order valence-corrected chi connectivity index (χ1v) is 10.6. The Balaban J connectivity index is 0.00000208. The van der Waals surface area contributed by atoms with Crippen molar-refractivity contribution < 1.29 is 13.2 Å². The molecule has 2 heterocycles. The molecule has 0 radical (unpaired) electrons. The van der Waals surface area contributed by atoms with E-state index in [0.29, 0.717) is 19.5 Å². The van der Waals surface area contributed by atoms with Gasteiger partial charge in [-0.2, -0.15) is 0 Å². The zero-order chi connectivity index (χ0) is 16.3. The Morgan fingerprint density at radius 1 is 1.00 bits per heavy atom. The van der Waals surface area contributed by atoms with Crippen LogP contribution in [0.25, 0.3) is 0 Å². The van der Waals surface area contributed by atoms with Crippen molar-refractivity contribution >= 4 is 28.3 Å². The van der Waals surface area contributed by atoms with Crippen LogP contribution in [0.1, 0.15) is 51.4 Å². The number of sulfonamides is 1. The van der Waals surface area contributed by atoms with E-state index in [1.54, 1.807) is 0 Å². The fourth-order valence-corrected chi connectivity index (χ4v) is 5.84.